The van der Waals surface area contributed by atoms with Crippen LogP contribution in [0.15, 0.2) is 23.8 Å². The molecule has 4 aliphatic rings. The Bertz CT molecular complexity index is 1180. The van der Waals surface area contributed by atoms with Crippen LogP contribution in [0.5, 0.6) is 0 Å². The molecule has 282 valence electrons. The Morgan fingerprint density at radius 1 is 0.755 bits per heavy atom. The van der Waals surface area contributed by atoms with Crippen LogP contribution in [0.3, 0.4) is 0 Å². The highest BCUT2D eigenvalue weighted by molar-refractivity contribution is 5.92. The van der Waals surface area contributed by atoms with Gasteiger partial charge in [0.2, 0.25) is 0 Å². The molecular formula is C31H50O18. The molecular weight excluding hydrogens is 660 g/mol. The standard InChI is InChI=1S/C31H50O18/c1-12-7-14(35)8-30(3,4)31(12,43)6-5-13(2)44-28-24(42)25(20(38)17(11-34)46-28)48-29-26(22(40)19(37)16(10-33)47-29)49-27-23(41)21(39)18(36)15(9-32)45-27/h5-7,13,15-29,32-34,36-43H,8-11H2,1-4H3/b6-5+/t13-,15+,16+,17-,18+,19+,20-,21-,22-,23+,24-,25+,26+,27-,28-,29-,31+/m1/s1. The Labute approximate surface area is 282 Å². The van der Waals surface area contributed by atoms with Gasteiger partial charge in [-0.15, -0.1) is 0 Å². The van der Waals surface area contributed by atoms with Crippen molar-refractivity contribution in [3.63, 3.8) is 0 Å². The number of allylic oxidation sites excluding steroid dienone is 1. The molecule has 0 spiro atoms. The zero-order valence-corrected chi connectivity index (χ0v) is 27.6. The van der Waals surface area contributed by atoms with Gasteiger partial charge in [0, 0.05) is 11.8 Å². The normalized spacial score (nSPS) is 46.9. The molecule has 4 rings (SSSR count). The molecule has 18 nitrogen and oxygen atoms in total. The van der Waals surface area contributed by atoms with Crippen molar-refractivity contribution < 1.29 is 89.4 Å². The summed E-state index contributed by atoms with van der Waals surface area (Å²) in [7, 11) is 0. The largest absolute Gasteiger partial charge is 0.394 e. The third kappa shape index (κ3) is 8.11. The van der Waals surface area contributed by atoms with E-state index in [1.54, 1.807) is 27.7 Å². The first-order valence-electron chi connectivity index (χ1n) is 16.1. The first-order valence-corrected chi connectivity index (χ1v) is 16.1. The Hall–Kier alpha value is -1.53. The van der Waals surface area contributed by atoms with E-state index in [2.05, 4.69) is 0 Å². The molecule has 11 N–H and O–H groups in total. The van der Waals surface area contributed by atoms with Crippen molar-refractivity contribution in [2.75, 3.05) is 19.8 Å². The van der Waals surface area contributed by atoms with Crippen molar-refractivity contribution >= 4 is 5.78 Å². The zero-order valence-electron chi connectivity index (χ0n) is 27.6. The van der Waals surface area contributed by atoms with Crippen LogP contribution in [0.4, 0.5) is 0 Å². The lowest BCUT2D eigenvalue weighted by molar-refractivity contribution is -0.389. The van der Waals surface area contributed by atoms with E-state index in [4.69, 9.17) is 28.4 Å². The molecule has 18 heteroatoms. The maximum atomic E-state index is 12.1. The van der Waals surface area contributed by atoms with Crippen LogP contribution < -0.4 is 0 Å². The lowest BCUT2D eigenvalue weighted by Crippen LogP contribution is -2.67. The number of ketones is 1. The summed E-state index contributed by atoms with van der Waals surface area (Å²) in [4.78, 5) is 12.1. The summed E-state index contributed by atoms with van der Waals surface area (Å²) in [5, 5.41) is 115. The molecule has 0 amide bonds. The van der Waals surface area contributed by atoms with Gasteiger partial charge in [0.05, 0.1) is 25.9 Å². The summed E-state index contributed by atoms with van der Waals surface area (Å²) in [5.74, 6) is -0.127. The molecule has 0 aromatic rings. The number of ether oxygens (including phenoxy) is 6. The molecule has 0 saturated carbocycles. The van der Waals surface area contributed by atoms with Crippen LogP contribution in [-0.2, 0) is 33.2 Å². The van der Waals surface area contributed by atoms with Crippen molar-refractivity contribution in [1.29, 1.82) is 0 Å². The number of hydrogen-bond acceptors (Lipinski definition) is 18. The predicted molar refractivity (Wildman–Crippen MR) is 161 cm³/mol. The molecule has 0 unspecified atom stereocenters. The minimum Gasteiger partial charge on any atom is -0.394 e. The molecule has 0 aromatic carbocycles. The van der Waals surface area contributed by atoms with Gasteiger partial charge in [-0.1, -0.05) is 19.9 Å². The first kappa shape index (κ1) is 40.2. The Balaban J connectivity index is 1.55. The number of carbonyl (C=O) groups excluding carboxylic acids is 1. The van der Waals surface area contributed by atoms with Gasteiger partial charge in [-0.25, -0.2) is 0 Å². The third-order valence-electron chi connectivity index (χ3n) is 9.66. The Kier molecular flexibility index (Phi) is 13.1. The van der Waals surface area contributed by atoms with Gasteiger partial charge in [-0.05, 0) is 31.6 Å². The van der Waals surface area contributed by atoms with Gasteiger partial charge in [0.15, 0.2) is 24.7 Å². The Morgan fingerprint density at radius 2 is 1.27 bits per heavy atom. The number of aliphatic hydroxyl groups excluding tert-OH is 10. The minimum atomic E-state index is -1.93. The fraction of sp³-hybridized carbons (Fsp3) is 0.839. The van der Waals surface area contributed by atoms with Crippen LogP contribution in [0.25, 0.3) is 0 Å². The van der Waals surface area contributed by atoms with Gasteiger partial charge in [-0.2, -0.15) is 0 Å². The van der Waals surface area contributed by atoms with Crippen LogP contribution in [0.1, 0.15) is 34.1 Å². The fourth-order valence-corrected chi connectivity index (χ4v) is 6.52. The quantitative estimate of drug-likeness (QED) is 0.0896. The SMILES string of the molecule is CC1=CC(=O)CC(C)(C)[C@]1(O)/C=C/[C@@H](C)O[C@@H]1O[C@H](CO)[C@@H](O)[C@H](O[C@H]2O[C@@H](CO)[C@H](O)[C@@H](O)[C@@H]2O[C@H]2O[C@@H](CO)[C@H](O)[C@@H](O)[C@@H]2O)[C@H]1O. The average molecular weight is 711 g/mol. The summed E-state index contributed by atoms with van der Waals surface area (Å²) in [6, 6.07) is 0. The molecule has 3 saturated heterocycles. The van der Waals surface area contributed by atoms with E-state index in [0.717, 1.165) is 0 Å². The molecule has 0 aromatic heterocycles. The van der Waals surface area contributed by atoms with E-state index in [1.165, 1.54) is 18.2 Å². The fourth-order valence-electron chi connectivity index (χ4n) is 6.52. The maximum Gasteiger partial charge on any atom is 0.187 e. The molecule has 3 aliphatic heterocycles. The summed E-state index contributed by atoms with van der Waals surface area (Å²) in [5.41, 5.74) is -1.95. The van der Waals surface area contributed by atoms with Gasteiger partial charge >= 0.3 is 0 Å². The first-order chi connectivity index (χ1) is 22.9. The lowest BCUT2D eigenvalue weighted by atomic mass is 9.64. The maximum absolute atomic E-state index is 12.1. The number of hydrogen-bond donors (Lipinski definition) is 11. The summed E-state index contributed by atoms with van der Waals surface area (Å²) in [6.07, 6.45) is -22.3. The van der Waals surface area contributed by atoms with Crippen LogP contribution >= 0.6 is 0 Å². The summed E-state index contributed by atoms with van der Waals surface area (Å²) in [6.45, 7) is 4.25. The molecule has 1 aliphatic carbocycles. The van der Waals surface area contributed by atoms with Crippen molar-refractivity contribution in [1.82, 2.24) is 0 Å². The van der Waals surface area contributed by atoms with Gasteiger partial charge < -0.3 is 84.6 Å². The predicted octanol–water partition coefficient (Wildman–Crippen LogP) is -4.93. The lowest BCUT2D eigenvalue weighted by Gasteiger charge is -2.48. The van der Waals surface area contributed by atoms with E-state index in [1.807, 2.05) is 0 Å². The highest BCUT2D eigenvalue weighted by Crippen LogP contribution is 2.44. The molecule has 17 atom stereocenters. The smallest absolute Gasteiger partial charge is 0.187 e. The van der Waals surface area contributed by atoms with Crippen molar-refractivity contribution in [3.05, 3.63) is 23.8 Å². The van der Waals surface area contributed by atoms with Gasteiger partial charge in [-0.3, -0.25) is 4.79 Å². The van der Waals surface area contributed by atoms with E-state index >= 15 is 0 Å². The van der Waals surface area contributed by atoms with Crippen LogP contribution in [-0.4, -0.2) is 186 Å². The minimum absolute atomic E-state index is 0.0904. The van der Waals surface area contributed by atoms with Crippen LogP contribution in [0, 0.1) is 5.41 Å². The van der Waals surface area contributed by atoms with E-state index in [-0.39, 0.29) is 12.2 Å². The average Bonchev–Trinajstić information content (AvgIpc) is 3.05. The topological polar surface area (TPSA) is 295 Å². The second-order valence-corrected chi connectivity index (χ2v) is 13.6. The zero-order chi connectivity index (χ0) is 36.6. The molecule has 3 fully saturated rings. The number of carbonyl (C=O) groups is 1. The van der Waals surface area contributed by atoms with Gasteiger partial charge in [0.1, 0.15) is 78.8 Å². The summed E-state index contributed by atoms with van der Waals surface area (Å²) < 4.78 is 33.9. The van der Waals surface area contributed by atoms with Crippen molar-refractivity contribution in [2.45, 2.75) is 138 Å². The molecule has 49 heavy (non-hydrogen) atoms. The second-order valence-electron chi connectivity index (χ2n) is 13.6. The van der Waals surface area contributed by atoms with E-state index in [9.17, 15) is 61.0 Å². The highest BCUT2D eigenvalue weighted by Gasteiger charge is 2.54. The van der Waals surface area contributed by atoms with Crippen molar-refractivity contribution in [2.24, 2.45) is 5.41 Å². The second kappa shape index (κ2) is 16.0. The third-order valence-corrected chi connectivity index (χ3v) is 9.66. The molecule has 3 heterocycles. The number of aliphatic hydroxyl groups is 11. The van der Waals surface area contributed by atoms with Crippen LogP contribution in [0.2, 0.25) is 0 Å². The van der Waals surface area contributed by atoms with E-state index in [0.29, 0.717) is 5.57 Å². The van der Waals surface area contributed by atoms with Gasteiger partial charge in [0.25, 0.3) is 0 Å². The molecule has 0 bridgehead atoms. The summed E-state index contributed by atoms with van der Waals surface area (Å²) >= 11 is 0. The van der Waals surface area contributed by atoms with E-state index < -0.39 is 129 Å². The van der Waals surface area contributed by atoms with Crippen molar-refractivity contribution in [3.8, 4) is 0 Å². The molecule has 0 radical (unpaired) electrons. The monoisotopic (exact) mass is 710 g/mol. The Morgan fingerprint density at radius 3 is 1.84 bits per heavy atom. The number of rotatable bonds is 11. The highest BCUT2D eigenvalue weighted by atomic mass is 16.8.